The normalized spacial score (nSPS) is 10.0. The van der Waals surface area contributed by atoms with Crippen molar-refractivity contribution >= 4 is 6.29 Å². The molecule has 110 valence electrons. The Hall–Kier alpha value is -2.69. The number of phenols is 1. The third-order valence-electron chi connectivity index (χ3n) is 3.18. The fraction of sp³-hybridized carbons (Fsp3) is 0.188. The molecule has 5 heteroatoms. The van der Waals surface area contributed by atoms with Crippen LogP contribution in [0, 0.1) is 0 Å². The molecule has 0 saturated heterocycles. The van der Waals surface area contributed by atoms with E-state index < -0.39 is 0 Å². The summed E-state index contributed by atoms with van der Waals surface area (Å²) in [6, 6.07) is 8.21. The van der Waals surface area contributed by atoms with Gasteiger partial charge in [0.1, 0.15) is 11.5 Å². The standard InChI is InChI=1S/C16H16O5/c1-19-11-4-5-12(15(7-11)20-2)13-8-14(18)16(21-3)6-10(13)9-17/h4-9,18H,1-3H3. The molecule has 21 heavy (non-hydrogen) atoms. The maximum Gasteiger partial charge on any atom is 0.161 e. The van der Waals surface area contributed by atoms with Gasteiger partial charge in [-0.1, -0.05) is 0 Å². The average Bonchev–Trinajstić information content (AvgIpc) is 2.53. The van der Waals surface area contributed by atoms with E-state index >= 15 is 0 Å². The first kappa shape index (κ1) is 14.7. The van der Waals surface area contributed by atoms with Crippen LogP contribution >= 0.6 is 0 Å². The maximum atomic E-state index is 11.3. The molecule has 0 amide bonds. The van der Waals surface area contributed by atoms with Gasteiger partial charge in [-0.25, -0.2) is 0 Å². The van der Waals surface area contributed by atoms with Gasteiger partial charge in [-0.3, -0.25) is 4.79 Å². The minimum absolute atomic E-state index is 0.0454. The predicted octanol–water partition coefficient (Wildman–Crippen LogP) is 2.90. The summed E-state index contributed by atoms with van der Waals surface area (Å²) in [4.78, 5) is 11.3. The molecule has 0 fully saturated rings. The number of benzene rings is 2. The molecular weight excluding hydrogens is 272 g/mol. The summed E-state index contributed by atoms with van der Waals surface area (Å²) in [5, 5.41) is 9.93. The zero-order valence-corrected chi connectivity index (χ0v) is 12.0. The van der Waals surface area contributed by atoms with Crippen molar-refractivity contribution in [2.75, 3.05) is 21.3 Å². The van der Waals surface area contributed by atoms with Gasteiger partial charge in [0, 0.05) is 17.2 Å². The van der Waals surface area contributed by atoms with Gasteiger partial charge in [0.2, 0.25) is 0 Å². The summed E-state index contributed by atoms with van der Waals surface area (Å²) in [7, 11) is 4.52. The van der Waals surface area contributed by atoms with E-state index in [1.165, 1.54) is 26.4 Å². The van der Waals surface area contributed by atoms with E-state index in [9.17, 15) is 9.90 Å². The minimum Gasteiger partial charge on any atom is -0.504 e. The molecule has 0 aliphatic carbocycles. The van der Waals surface area contributed by atoms with Crippen molar-refractivity contribution in [2.24, 2.45) is 0 Å². The molecule has 0 aliphatic heterocycles. The summed E-state index contributed by atoms with van der Waals surface area (Å²) >= 11 is 0. The van der Waals surface area contributed by atoms with Crippen LogP contribution in [0.15, 0.2) is 30.3 Å². The number of hydrogen-bond acceptors (Lipinski definition) is 5. The molecule has 0 aromatic heterocycles. The Morgan fingerprint density at radius 1 is 0.905 bits per heavy atom. The summed E-state index contributed by atoms with van der Waals surface area (Å²) in [5.74, 6) is 1.38. The van der Waals surface area contributed by atoms with Gasteiger partial charge in [0.25, 0.3) is 0 Å². The molecule has 0 bridgehead atoms. The second kappa shape index (κ2) is 6.17. The van der Waals surface area contributed by atoms with E-state index in [4.69, 9.17) is 14.2 Å². The molecule has 1 N–H and O–H groups in total. The summed E-state index contributed by atoms with van der Waals surface area (Å²) in [5.41, 5.74) is 1.63. The summed E-state index contributed by atoms with van der Waals surface area (Å²) in [6.45, 7) is 0. The van der Waals surface area contributed by atoms with Crippen molar-refractivity contribution in [2.45, 2.75) is 0 Å². The molecular formula is C16H16O5. The Labute approximate surface area is 122 Å². The highest BCUT2D eigenvalue weighted by Crippen LogP contribution is 2.39. The number of carbonyl (C=O) groups is 1. The minimum atomic E-state index is -0.0454. The zero-order chi connectivity index (χ0) is 15.4. The van der Waals surface area contributed by atoms with E-state index in [1.807, 2.05) is 0 Å². The number of aromatic hydroxyl groups is 1. The van der Waals surface area contributed by atoms with Crippen molar-refractivity contribution in [1.82, 2.24) is 0 Å². The number of methoxy groups -OCH3 is 3. The molecule has 0 spiro atoms. The molecule has 0 atom stereocenters. The molecule has 0 radical (unpaired) electrons. The highest BCUT2D eigenvalue weighted by Gasteiger charge is 2.15. The lowest BCUT2D eigenvalue weighted by atomic mass is 9.98. The van der Waals surface area contributed by atoms with Gasteiger partial charge >= 0.3 is 0 Å². The van der Waals surface area contributed by atoms with Gasteiger partial charge in [0.15, 0.2) is 17.8 Å². The zero-order valence-electron chi connectivity index (χ0n) is 12.0. The van der Waals surface area contributed by atoms with Crippen LogP contribution in [0.25, 0.3) is 11.1 Å². The third kappa shape index (κ3) is 2.76. The highest BCUT2D eigenvalue weighted by molar-refractivity contribution is 5.91. The number of hydrogen-bond donors (Lipinski definition) is 1. The topological polar surface area (TPSA) is 65.0 Å². The second-order valence-corrected chi connectivity index (χ2v) is 4.30. The first-order valence-electron chi connectivity index (χ1n) is 6.23. The number of ether oxygens (including phenoxy) is 3. The fourth-order valence-electron chi connectivity index (χ4n) is 2.10. The Kier molecular flexibility index (Phi) is 4.33. The van der Waals surface area contributed by atoms with E-state index in [0.29, 0.717) is 34.5 Å². The van der Waals surface area contributed by atoms with E-state index in [2.05, 4.69) is 0 Å². The lowest BCUT2D eigenvalue weighted by Gasteiger charge is -2.14. The van der Waals surface area contributed by atoms with E-state index in [-0.39, 0.29) is 11.5 Å². The number of carbonyl (C=O) groups excluding carboxylic acids is 1. The second-order valence-electron chi connectivity index (χ2n) is 4.30. The largest absolute Gasteiger partial charge is 0.504 e. The highest BCUT2D eigenvalue weighted by atomic mass is 16.5. The molecule has 0 unspecified atom stereocenters. The van der Waals surface area contributed by atoms with Crippen molar-refractivity contribution in [3.63, 3.8) is 0 Å². The van der Waals surface area contributed by atoms with Crippen molar-refractivity contribution in [3.8, 4) is 34.1 Å². The Morgan fingerprint density at radius 3 is 2.19 bits per heavy atom. The third-order valence-corrected chi connectivity index (χ3v) is 3.18. The summed E-state index contributed by atoms with van der Waals surface area (Å²) < 4.78 is 15.5. The van der Waals surface area contributed by atoms with Crippen molar-refractivity contribution in [3.05, 3.63) is 35.9 Å². The molecule has 2 rings (SSSR count). The van der Waals surface area contributed by atoms with Crippen LogP contribution in [0.1, 0.15) is 10.4 Å². The monoisotopic (exact) mass is 288 g/mol. The van der Waals surface area contributed by atoms with Gasteiger partial charge in [-0.2, -0.15) is 0 Å². The first-order chi connectivity index (χ1) is 10.1. The van der Waals surface area contributed by atoms with Gasteiger partial charge in [0.05, 0.1) is 21.3 Å². The lowest BCUT2D eigenvalue weighted by Crippen LogP contribution is -1.95. The smallest absolute Gasteiger partial charge is 0.161 e. The predicted molar refractivity (Wildman–Crippen MR) is 78.6 cm³/mol. The molecule has 5 nitrogen and oxygen atoms in total. The molecule has 0 saturated carbocycles. The van der Waals surface area contributed by atoms with Crippen LogP contribution in [-0.4, -0.2) is 32.7 Å². The quantitative estimate of drug-likeness (QED) is 0.857. The van der Waals surface area contributed by atoms with Crippen LogP contribution < -0.4 is 14.2 Å². The fourth-order valence-corrected chi connectivity index (χ4v) is 2.10. The van der Waals surface area contributed by atoms with Gasteiger partial charge in [-0.15, -0.1) is 0 Å². The number of phenolic OH excluding ortho intramolecular Hbond substituents is 1. The number of aldehydes is 1. The van der Waals surface area contributed by atoms with Gasteiger partial charge in [-0.05, 0) is 29.8 Å². The molecule has 2 aromatic carbocycles. The molecule has 0 aliphatic rings. The van der Waals surface area contributed by atoms with Crippen molar-refractivity contribution in [1.29, 1.82) is 0 Å². The maximum absolute atomic E-state index is 11.3. The Bertz CT molecular complexity index is 664. The SMILES string of the molecule is COc1ccc(-c2cc(O)c(OC)cc2C=O)c(OC)c1. The number of rotatable bonds is 5. The van der Waals surface area contributed by atoms with Crippen LogP contribution in [0.4, 0.5) is 0 Å². The van der Waals surface area contributed by atoms with E-state index in [0.717, 1.165) is 0 Å². The van der Waals surface area contributed by atoms with E-state index in [1.54, 1.807) is 25.3 Å². The van der Waals surface area contributed by atoms with Crippen LogP contribution in [0.3, 0.4) is 0 Å². The Balaban J connectivity index is 2.66. The van der Waals surface area contributed by atoms with Crippen LogP contribution in [-0.2, 0) is 0 Å². The van der Waals surface area contributed by atoms with Crippen LogP contribution in [0.2, 0.25) is 0 Å². The lowest BCUT2D eigenvalue weighted by molar-refractivity contribution is 0.112. The average molecular weight is 288 g/mol. The first-order valence-corrected chi connectivity index (χ1v) is 6.23. The summed E-state index contributed by atoms with van der Waals surface area (Å²) in [6.07, 6.45) is 0.709. The van der Waals surface area contributed by atoms with Gasteiger partial charge < -0.3 is 19.3 Å². The van der Waals surface area contributed by atoms with Crippen molar-refractivity contribution < 1.29 is 24.1 Å². The molecule has 0 heterocycles. The van der Waals surface area contributed by atoms with Crippen LogP contribution in [0.5, 0.6) is 23.0 Å². The Morgan fingerprint density at radius 2 is 1.62 bits per heavy atom. The molecule has 2 aromatic rings.